The minimum absolute atomic E-state index is 0.0569. The van der Waals surface area contributed by atoms with Gasteiger partial charge >= 0.3 is 6.09 Å². The zero-order valence-electron chi connectivity index (χ0n) is 10.5. The second kappa shape index (κ2) is 8.84. The second-order valence-corrected chi connectivity index (χ2v) is 4.71. The number of benzene rings is 1. The van der Waals surface area contributed by atoms with Crippen molar-refractivity contribution in [3.63, 3.8) is 0 Å². The van der Waals surface area contributed by atoms with Crippen LogP contribution in [-0.2, 0) is 6.54 Å². The summed E-state index contributed by atoms with van der Waals surface area (Å²) in [7, 11) is 0. The zero-order valence-corrected chi connectivity index (χ0v) is 11.3. The number of amides is 1. The van der Waals surface area contributed by atoms with Crippen LogP contribution < -0.4 is 5.32 Å². The van der Waals surface area contributed by atoms with E-state index in [2.05, 4.69) is 15.3 Å². The molecule has 0 bridgehead atoms. The molecule has 6 nitrogen and oxygen atoms in total. The van der Waals surface area contributed by atoms with Crippen LogP contribution in [0.3, 0.4) is 0 Å². The molecule has 0 radical (unpaired) electrons. The molecule has 20 heavy (non-hydrogen) atoms. The molecule has 0 spiro atoms. The Morgan fingerprint density at radius 2 is 2.40 bits per heavy atom. The van der Waals surface area contributed by atoms with E-state index in [0.29, 0.717) is 0 Å². The number of nitrogens with one attached hydrogen (secondary N) is 1. The van der Waals surface area contributed by atoms with Gasteiger partial charge in [-0.05, 0) is 29.3 Å². The number of rotatable bonds is 7. The van der Waals surface area contributed by atoms with E-state index < -0.39 is 11.9 Å². The maximum Gasteiger partial charge on any atom is 0.404 e. The van der Waals surface area contributed by atoms with Gasteiger partial charge in [0.15, 0.2) is 0 Å². The molecule has 106 valence electrons. The minimum atomic E-state index is -1.19. The van der Waals surface area contributed by atoms with Crippen molar-refractivity contribution in [3.8, 4) is 0 Å². The topological polar surface area (TPSA) is 98.1 Å². The van der Waals surface area contributed by atoms with E-state index in [4.69, 9.17) is 10.6 Å². The highest BCUT2D eigenvalue weighted by Gasteiger charge is 2.00. The Labute approximate surface area is 119 Å². The van der Waals surface area contributed by atoms with E-state index in [1.807, 2.05) is 18.2 Å². The lowest BCUT2D eigenvalue weighted by Crippen LogP contribution is -2.20. The molecule has 0 aliphatic heterocycles. The smallest absolute Gasteiger partial charge is 0.404 e. The molecular weight excluding hydrogens is 283 g/mol. The molecule has 1 amide bonds. The van der Waals surface area contributed by atoms with E-state index in [-0.39, 0.29) is 18.8 Å². The first-order chi connectivity index (χ1) is 9.61. The number of hydrogen-bond donors (Lipinski definition) is 2. The third-order valence-electron chi connectivity index (χ3n) is 2.17. The van der Waals surface area contributed by atoms with Gasteiger partial charge in [0, 0.05) is 22.1 Å². The predicted molar refractivity (Wildman–Crippen MR) is 75.2 cm³/mol. The number of azide groups is 1. The minimum Gasteiger partial charge on any atom is -0.465 e. The third kappa shape index (κ3) is 6.67. The van der Waals surface area contributed by atoms with Crippen molar-refractivity contribution in [2.24, 2.45) is 5.11 Å². The lowest BCUT2D eigenvalue weighted by molar-refractivity contribution is 0.195. The van der Waals surface area contributed by atoms with Gasteiger partial charge in [0.25, 0.3) is 0 Å². The Hall–Kier alpha value is -2.18. The van der Waals surface area contributed by atoms with Crippen LogP contribution in [-0.4, -0.2) is 23.5 Å². The van der Waals surface area contributed by atoms with Gasteiger partial charge in [-0.3, -0.25) is 0 Å². The molecule has 0 heterocycles. The van der Waals surface area contributed by atoms with Crippen molar-refractivity contribution in [2.75, 3.05) is 12.3 Å². The molecule has 0 aliphatic carbocycles. The summed E-state index contributed by atoms with van der Waals surface area (Å²) in [5, 5.41) is 13.8. The van der Waals surface area contributed by atoms with Crippen molar-refractivity contribution in [1.29, 1.82) is 0 Å². The highest BCUT2D eigenvalue weighted by atomic mass is 32.2. The second-order valence-electron chi connectivity index (χ2n) is 3.66. The zero-order chi connectivity index (χ0) is 14.8. The summed E-state index contributed by atoms with van der Waals surface area (Å²) < 4.78 is 13.4. The Kier molecular flexibility index (Phi) is 7.02. The standard InChI is InChI=1S/C12H13FN4O2S/c13-10(4-5-15-12(18)19)8-20-11-3-1-2-9(6-11)7-16-17-14/h1-4,6,15H,5,7-8H2,(H,18,19). The molecule has 0 unspecified atom stereocenters. The van der Waals surface area contributed by atoms with Crippen LogP contribution in [0.5, 0.6) is 0 Å². The summed E-state index contributed by atoms with van der Waals surface area (Å²) in [6, 6.07) is 7.27. The first kappa shape index (κ1) is 15.9. The van der Waals surface area contributed by atoms with Crippen molar-refractivity contribution in [1.82, 2.24) is 5.32 Å². The molecule has 0 atom stereocenters. The third-order valence-corrected chi connectivity index (χ3v) is 3.18. The largest absolute Gasteiger partial charge is 0.465 e. The first-order valence-corrected chi connectivity index (χ1v) is 6.64. The van der Waals surface area contributed by atoms with Gasteiger partial charge in [0.2, 0.25) is 0 Å². The maximum absolute atomic E-state index is 13.4. The lowest BCUT2D eigenvalue weighted by atomic mass is 10.2. The Balaban J connectivity index is 2.48. The molecule has 0 aliphatic rings. The average molecular weight is 296 g/mol. The highest BCUT2D eigenvalue weighted by molar-refractivity contribution is 7.99. The normalized spacial score (nSPS) is 10.8. The summed E-state index contributed by atoms with van der Waals surface area (Å²) in [5.74, 6) is -0.282. The Bertz CT molecular complexity index is 544. The molecule has 0 saturated heterocycles. The van der Waals surface area contributed by atoms with Crippen LogP contribution in [0.4, 0.5) is 9.18 Å². The van der Waals surface area contributed by atoms with Gasteiger partial charge in [0.1, 0.15) is 5.83 Å². The highest BCUT2D eigenvalue weighted by Crippen LogP contribution is 2.22. The van der Waals surface area contributed by atoms with Gasteiger partial charge in [-0.1, -0.05) is 17.2 Å². The van der Waals surface area contributed by atoms with Gasteiger partial charge in [-0.25, -0.2) is 9.18 Å². The van der Waals surface area contributed by atoms with Crippen molar-refractivity contribution < 1.29 is 14.3 Å². The fourth-order valence-corrected chi connectivity index (χ4v) is 2.14. The van der Waals surface area contributed by atoms with Gasteiger partial charge < -0.3 is 10.4 Å². The number of nitrogens with zero attached hydrogens (tertiary/aromatic N) is 3. The lowest BCUT2D eigenvalue weighted by Gasteiger charge is -2.02. The summed E-state index contributed by atoms with van der Waals surface area (Å²) in [6.07, 6.45) is -0.00208. The fourth-order valence-electron chi connectivity index (χ4n) is 1.31. The molecule has 0 fully saturated rings. The Morgan fingerprint density at radius 1 is 1.60 bits per heavy atom. The van der Waals surface area contributed by atoms with Gasteiger partial charge in [-0.15, -0.1) is 11.8 Å². The summed E-state index contributed by atoms with van der Waals surface area (Å²) in [6.45, 7) is 0.199. The molecule has 8 heteroatoms. The van der Waals surface area contributed by atoms with E-state index >= 15 is 0 Å². The van der Waals surface area contributed by atoms with Crippen molar-refractivity contribution >= 4 is 17.9 Å². The molecule has 0 saturated carbocycles. The molecule has 1 aromatic rings. The first-order valence-electron chi connectivity index (χ1n) is 5.65. The number of carboxylic acid groups (broad SMARTS) is 1. The van der Waals surface area contributed by atoms with Crippen molar-refractivity contribution in [2.45, 2.75) is 11.4 Å². The van der Waals surface area contributed by atoms with Crippen LogP contribution in [0.1, 0.15) is 5.56 Å². The van der Waals surface area contributed by atoms with Crippen LogP contribution in [0.2, 0.25) is 0 Å². The van der Waals surface area contributed by atoms with E-state index in [1.54, 1.807) is 6.07 Å². The SMILES string of the molecule is [N-]=[N+]=NCc1cccc(SCC(F)=CCNC(=O)O)c1. The number of hydrogen-bond acceptors (Lipinski definition) is 3. The summed E-state index contributed by atoms with van der Waals surface area (Å²) in [5.41, 5.74) is 9.09. The van der Waals surface area contributed by atoms with Crippen molar-refractivity contribution in [3.05, 3.63) is 52.2 Å². The Morgan fingerprint density at radius 3 is 3.10 bits per heavy atom. The van der Waals surface area contributed by atoms with Gasteiger partial charge in [0.05, 0.1) is 6.54 Å². The van der Waals surface area contributed by atoms with Crippen LogP contribution in [0, 0.1) is 0 Å². The quantitative estimate of drug-likeness (QED) is 0.347. The molecular formula is C12H13FN4O2S. The summed E-state index contributed by atoms with van der Waals surface area (Å²) in [4.78, 5) is 13.7. The molecule has 1 rings (SSSR count). The van der Waals surface area contributed by atoms with E-state index in [1.165, 1.54) is 17.8 Å². The number of carbonyl (C=O) groups is 1. The monoisotopic (exact) mass is 296 g/mol. The maximum atomic E-state index is 13.4. The van der Waals surface area contributed by atoms with Gasteiger partial charge in [-0.2, -0.15) is 0 Å². The number of halogens is 1. The van der Waals surface area contributed by atoms with E-state index in [0.717, 1.165) is 10.5 Å². The molecule has 2 N–H and O–H groups in total. The summed E-state index contributed by atoms with van der Waals surface area (Å²) >= 11 is 1.28. The molecule has 0 aromatic heterocycles. The average Bonchev–Trinajstić information content (AvgIpc) is 2.43. The van der Waals surface area contributed by atoms with Crippen LogP contribution >= 0.6 is 11.8 Å². The van der Waals surface area contributed by atoms with Crippen LogP contribution in [0.15, 0.2) is 46.2 Å². The molecule has 1 aromatic carbocycles. The van der Waals surface area contributed by atoms with E-state index in [9.17, 15) is 9.18 Å². The number of thioether (sulfide) groups is 1. The van der Waals surface area contributed by atoms with Crippen LogP contribution in [0.25, 0.3) is 10.4 Å². The fraction of sp³-hybridized carbons (Fsp3) is 0.250. The predicted octanol–water partition coefficient (Wildman–Crippen LogP) is 3.71.